The molecule has 0 aliphatic rings. The number of nitrogens with one attached hydrogen (secondary N) is 1. The zero-order valence-corrected chi connectivity index (χ0v) is 96.0. The first-order valence-electron chi connectivity index (χ1n) is 45.8. The predicted molar refractivity (Wildman–Crippen MR) is 676 cm³/mol. The molecule has 0 atom stereocenters. The van der Waals surface area contributed by atoms with Gasteiger partial charge in [0.05, 0.1) is 0 Å². The van der Waals surface area contributed by atoms with E-state index >= 15 is 0 Å². The van der Waals surface area contributed by atoms with Gasteiger partial charge in [-0.1, -0.05) is 468 Å². The van der Waals surface area contributed by atoms with Crippen LogP contribution in [0.4, 0.5) is 17.1 Å². The van der Waals surface area contributed by atoms with Crippen LogP contribution < -0.4 is 22.0 Å². The minimum absolute atomic E-state index is 0.397. The number of anilines is 3. The summed E-state index contributed by atoms with van der Waals surface area (Å²) in [5.74, 6) is 0. The van der Waals surface area contributed by atoms with Gasteiger partial charge in [-0.15, -0.1) is 22.7 Å². The molecule has 0 amide bonds. The van der Waals surface area contributed by atoms with Crippen molar-refractivity contribution in [1.29, 1.82) is 0 Å². The van der Waals surface area contributed by atoms with Crippen LogP contribution in [0.15, 0.2) is 488 Å². The summed E-state index contributed by atoms with van der Waals surface area (Å²) < 4.78 is 27.9. The lowest BCUT2D eigenvalue weighted by molar-refractivity contribution is 0.424. The van der Waals surface area contributed by atoms with E-state index in [1.54, 1.807) is 47.7 Å². The molecule has 23 heteroatoms. The summed E-state index contributed by atoms with van der Waals surface area (Å²) in [4.78, 5) is 5.91. The second-order valence-corrected chi connectivity index (χ2v) is 39.7. The van der Waals surface area contributed by atoms with Crippen molar-refractivity contribution in [2.24, 2.45) is 0 Å². The zero-order valence-electron chi connectivity index (χ0n) is 78.7. The van der Waals surface area contributed by atoms with Crippen molar-refractivity contribution in [2.75, 3.05) is 25.8 Å². The number of benzene rings is 20. The second kappa shape index (κ2) is 54.3. The number of thiophene rings is 2. The van der Waals surface area contributed by atoms with Crippen molar-refractivity contribution in [3.8, 4) is 66.8 Å². The highest BCUT2D eigenvalue weighted by Crippen LogP contribution is 2.46. The molecule has 9 nitrogen and oxygen atoms in total. The molecule has 0 aliphatic heterocycles. The monoisotopic (exact) mass is 2640 g/mol. The highest BCUT2D eigenvalue weighted by Gasteiger charge is 2.22. The van der Waals surface area contributed by atoms with Gasteiger partial charge in [-0.25, -0.2) is 0 Å². The Morgan fingerprint density at radius 3 is 1.09 bits per heavy atom. The fourth-order valence-corrected chi connectivity index (χ4v) is 21.1. The molecule has 0 bridgehead atoms. The van der Waals surface area contributed by atoms with Crippen LogP contribution in [0.3, 0.4) is 0 Å². The smallest absolute Gasteiger partial charge is 0.456 e. The van der Waals surface area contributed by atoms with Gasteiger partial charge in [0.15, 0.2) is 0 Å². The molecule has 7 N–H and O–H groups in total. The van der Waals surface area contributed by atoms with E-state index in [1.165, 1.54) is 62.6 Å². The molecule has 146 heavy (non-hydrogen) atoms. The van der Waals surface area contributed by atoms with Crippen LogP contribution in [0, 0.1) is 3.57 Å². The van der Waals surface area contributed by atoms with Crippen molar-refractivity contribution >= 4 is 344 Å². The summed E-state index contributed by atoms with van der Waals surface area (Å²) in [5, 5.41) is 53.3. The number of rotatable bonds is 10. The van der Waals surface area contributed by atoms with Gasteiger partial charge in [0.1, 0.15) is 33.5 Å². The number of hydrogen-bond acceptors (Lipinski definition) is 11. The van der Waals surface area contributed by atoms with Crippen LogP contribution in [0.2, 0.25) is 15.1 Å². The maximum Gasteiger partial charge on any atom is 0.492 e. The Labute approximate surface area is 951 Å². The van der Waals surface area contributed by atoms with Gasteiger partial charge in [-0.05, 0) is 242 Å². The number of nitrogen functional groups attached to an aromatic ring is 1. The summed E-state index contributed by atoms with van der Waals surface area (Å²) in [6.45, 7) is 0. The van der Waals surface area contributed by atoms with E-state index in [4.69, 9.17) is 63.8 Å². The van der Waals surface area contributed by atoms with Crippen molar-refractivity contribution in [2.45, 2.75) is 0 Å². The number of furan rings is 3. The van der Waals surface area contributed by atoms with Crippen LogP contribution in [0.25, 0.3) is 173 Å². The molecule has 0 spiro atoms. The molecule has 0 saturated carbocycles. The number of alkyl halides is 3. The Morgan fingerprint density at radius 2 is 0.616 bits per heavy atom. The Kier molecular flexibility index (Phi) is 40.6. The fraction of sp³-hybridized carbons (Fsp3) is 0.0244. The Bertz CT molecular complexity index is 8640. The summed E-state index contributed by atoms with van der Waals surface area (Å²) in [6.07, 6.45) is 0. The van der Waals surface area contributed by atoms with Crippen LogP contribution in [0.1, 0.15) is 0 Å². The topological polar surface area (TPSA) is 158 Å². The lowest BCUT2D eigenvalue weighted by Gasteiger charge is -2.14. The SMILES string of the molecule is Brc1ccc(-c2ccccc2)cc1.CI.CI.CI.Clc1ccc(-c2cccc3c2oc2ccccc23)c(-c2ccccc2)c1.Clc1ccc(Br)c(-c2ccccc2)c1.Clc1ccc(Br)c(I)c1.Nc1ccc2c(c1)sc1ccccc12.OB(O)c1cccc2c1oc1ccccc12.OB(O)c1ccccc1.c1ccc(-c2cc(Nc3ccc4c(c3)sc3ccccc34)ccc2-c2cccc3c2oc2ccccc23)cc1. The van der Waals surface area contributed by atoms with Crippen molar-refractivity contribution < 1.29 is 33.3 Å². The van der Waals surface area contributed by atoms with Crippen LogP contribution >= 0.6 is 196 Å². The minimum Gasteiger partial charge on any atom is -0.456 e. The van der Waals surface area contributed by atoms with Gasteiger partial charge in [0.25, 0.3) is 0 Å². The molecule has 25 aromatic rings. The Morgan fingerprint density at radius 1 is 0.267 bits per heavy atom. The molecule has 0 radical (unpaired) electrons. The van der Waals surface area contributed by atoms with E-state index in [9.17, 15) is 10.0 Å². The third-order valence-corrected chi connectivity index (χ3v) is 29.8. The largest absolute Gasteiger partial charge is 0.492 e. The molecule has 5 heterocycles. The molecule has 0 fully saturated rings. The average molecular weight is 2650 g/mol. The maximum atomic E-state index is 9.24. The van der Waals surface area contributed by atoms with Gasteiger partial charge in [0, 0.05) is 138 Å². The maximum absolute atomic E-state index is 9.24. The summed E-state index contributed by atoms with van der Waals surface area (Å²) >= 11 is 40.5. The number of halogens is 10. The van der Waals surface area contributed by atoms with Gasteiger partial charge in [0.2, 0.25) is 0 Å². The van der Waals surface area contributed by atoms with E-state index in [2.05, 4.69) is 398 Å². The summed E-state index contributed by atoms with van der Waals surface area (Å²) in [6, 6.07) is 155. The van der Waals surface area contributed by atoms with Gasteiger partial charge < -0.3 is 44.4 Å². The minimum atomic E-state index is -1.51. The molecule has 0 saturated heterocycles. The average Bonchev–Trinajstić information content (AvgIpc) is 1.60. The molecule has 0 aliphatic carbocycles. The molecule has 25 rings (SSSR count). The van der Waals surface area contributed by atoms with E-state index in [-0.39, 0.29) is 0 Å². The summed E-state index contributed by atoms with van der Waals surface area (Å²) in [5.41, 5.74) is 28.4. The highest BCUT2D eigenvalue weighted by atomic mass is 127. The molecule has 724 valence electrons. The van der Waals surface area contributed by atoms with Crippen LogP contribution in [-0.2, 0) is 0 Å². The number of fused-ring (bicyclic) bond motifs is 15. The standard InChI is InChI=1S/C36H23NOS.C24H15ClO.C12H9BO3.C12H8BrCl.C12H9Br.C12H9NS.C6H7BO2.C6H3BrClI.3CH3I/c1-2-9-23(10-3-1)32-21-24(37-25-18-20-29-28-12-5-7-16-34(28)39-35(29)22-25)17-19-26(32)30-13-8-14-31-27-11-4-6-15-33(27)38-36(30)31;25-17-13-14-18(22(15-17)16-7-2-1-3-8-16)20-10-6-11-21-19-9-4-5-12-23(19)26-24(20)21;14-13(15)10-6-3-5-9-8-4-1-2-7-11(8)16-12(9)10;13-12-7-6-10(14)8-11(12)9-4-2-1-3-5-9;13-12-8-6-11(7-9-12)10-4-2-1-3-5-10;13-8-5-6-10-9-3-1-2-4-11(9)14-12(10)7-8;8-7(9)6-4-2-1-3-5-6;7-5-2-1-4(8)3-6(5)9;3*1-2/h1-22,37H;1-15H;1-7,14-15H;1-8H;1-9H;1-7H,13H2;1-5,8-9H;1-3H;3*1H3. The van der Waals surface area contributed by atoms with E-state index in [0.717, 1.165) is 154 Å². The van der Waals surface area contributed by atoms with Gasteiger partial charge in [-0.3, -0.25) is 0 Å². The molecular formula is C123H92B2Br3Cl3I4N2O7S2. The number of hydrogen-bond donors (Lipinski definition) is 6. The van der Waals surface area contributed by atoms with Crippen LogP contribution in [0.5, 0.6) is 0 Å². The van der Waals surface area contributed by atoms with E-state index in [1.807, 2.05) is 196 Å². The Balaban J connectivity index is 0.000000131. The number of para-hydroxylation sites is 6. The molecule has 0 unspecified atom stereocenters. The summed E-state index contributed by atoms with van der Waals surface area (Å²) in [7, 11) is -2.85. The highest BCUT2D eigenvalue weighted by molar-refractivity contribution is 14.1. The third-order valence-electron chi connectivity index (χ3n) is 23.3. The van der Waals surface area contributed by atoms with Crippen LogP contribution in [-0.4, -0.2) is 49.1 Å². The number of nitrogens with two attached hydrogens (primary N) is 1. The van der Waals surface area contributed by atoms with E-state index in [0.29, 0.717) is 16.5 Å². The molecule has 20 aromatic carbocycles. The van der Waals surface area contributed by atoms with E-state index < -0.39 is 14.2 Å². The first kappa shape index (κ1) is 109. The quantitative estimate of drug-likeness (QED) is 0.0258. The lowest BCUT2D eigenvalue weighted by atomic mass is 9.79. The fourth-order valence-electron chi connectivity index (χ4n) is 16.6. The predicted octanol–water partition coefficient (Wildman–Crippen LogP) is 38.6. The lowest BCUT2D eigenvalue weighted by Crippen LogP contribution is -2.29. The van der Waals surface area contributed by atoms with Crippen molar-refractivity contribution in [1.82, 2.24) is 0 Å². The normalized spacial score (nSPS) is 10.5. The Hall–Kier alpha value is -11.0. The van der Waals surface area contributed by atoms with Gasteiger partial charge >= 0.3 is 14.2 Å². The molecular weight excluding hydrogens is 2560 g/mol. The third kappa shape index (κ3) is 27.6. The molecule has 5 aromatic heterocycles. The van der Waals surface area contributed by atoms with Gasteiger partial charge in [-0.2, -0.15) is 0 Å². The first-order chi connectivity index (χ1) is 71.4. The van der Waals surface area contributed by atoms with Crippen molar-refractivity contribution in [3.63, 3.8) is 0 Å². The second-order valence-electron chi connectivity index (χ2n) is 32.4. The van der Waals surface area contributed by atoms with Crippen molar-refractivity contribution in [3.05, 3.63) is 493 Å². The zero-order chi connectivity index (χ0) is 103. The first-order valence-corrected chi connectivity index (χ1v) is 58.5.